The SMILES string of the molecule is CC1/C(=N/NC(N)=S)CC(c2ccc(F)cc2)N(C(=O)c2ccccc2)C1c1ccc(F)cc1. The third-order valence-corrected chi connectivity index (χ3v) is 6.16. The normalized spacial score (nSPS) is 21.3. The average Bonchev–Trinajstić information content (AvgIpc) is 2.84. The molecule has 5 nitrogen and oxygen atoms in total. The molecule has 174 valence electrons. The van der Waals surface area contributed by atoms with Crippen LogP contribution in [0.3, 0.4) is 0 Å². The number of thiocarbonyl (C=S) groups is 1. The summed E-state index contributed by atoms with van der Waals surface area (Å²) in [6, 6.07) is 20.2. The Bertz CT molecular complexity index is 1200. The second-order valence-corrected chi connectivity index (χ2v) is 8.65. The molecule has 8 heteroatoms. The monoisotopic (exact) mass is 478 g/mol. The van der Waals surface area contributed by atoms with E-state index in [2.05, 4.69) is 10.5 Å². The Balaban J connectivity index is 1.88. The van der Waals surface area contributed by atoms with Crippen LogP contribution in [-0.2, 0) is 0 Å². The van der Waals surface area contributed by atoms with E-state index in [1.54, 1.807) is 53.4 Å². The molecule has 0 radical (unpaired) electrons. The zero-order chi connectivity index (χ0) is 24.2. The van der Waals surface area contributed by atoms with Crippen molar-refractivity contribution in [1.82, 2.24) is 10.3 Å². The molecule has 3 aromatic rings. The van der Waals surface area contributed by atoms with Crippen molar-refractivity contribution >= 4 is 28.9 Å². The minimum absolute atomic E-state index is 0.0270. The van der Waals surface area contributed by atoms with Crippen LogP contribution in [0.2, 0.25) is 0 Å². The Morgan fingerprint density at radius 1 is 0.971 bits per heavy atom. The number of carbonyl (C=O) groups is 1. The van der Waals surface area contributed by atoms with E-state index in [9.17, 15) is 13.6 Å². The fourth-order valence-electron chi connectivity index (χ4n) is 4.44. The highest BCUT2D eigenvalue weighted by molar-refractivity contribution is 7.80. The zero-order valence-corrected chi connectivity index (χ0v) is 19.3. The highest BCUT2D eigenvalue weighted by Gasteiger charge is 2.43. The number of piperidine rings is 1. The Kier molecular flexibility index (Phi) is 6.98. The molecule has 0 bridgehead atoms. The van der Waals surface area contributed by atoms with Gasteiger partial charge < -0.3 is 10.6 Å². The van der Waals surface area contributed by atoms with Gasteiger partial charge in [0.1, 0.15) is 11.6 Å². The second-order valence-electron chi connectivity index (χ2n) is 8.21. The number of hydrogen-bond donors (Lipinski definition) is 2. The number of hydrogen-bond acceptors (Lipinski definition) is 3. The molecule has 0 saturated carbocycles. The number of hydrazone groups is 1. The van der Waals surface area contributed by atoms with Crippen molar-refractivity contribution < 1.29 is 13.6 Å². The summed E-state index contributed by atoms with van der Waals surface area (Å²) in [4.78, 5) is 15.7. The third kappa shape index (κ3) is 4.97. The van der Waals surface area contributed by atoms with E-state index >= 15 is 0 Å². The molecule has 1 aliphatic heterocycles. The van der Waals surface area contributed by atoms with Gasteiger partial charge in [-0.25, -0.2) is 8.78 Å². The van der Waals surface area contributed by atoms with Gasteiger partial charge >= 0.3 is 0 Å². The predicted molar refractivity (Wildman–Crippen MR) is 132 cm³/mol. The minimum Gasteiger partial charge on any atom is -0.375 e. The van der Waals surface area contributed by atoms with Crippen LogP contribution in [0.4, 0.5) is 8.78 Å². The smallest absolute Gasteiger partial charge is 0.254 e. The molecule has 34 heavy (non-hydrogen) atoms. The summed E-state index contributed by atoms with van der Waals surface area (Å²) in [6.07, 6.45) is 0.388. The molecule has 1 saturated heterocycles. The van der Waals surface area contributed by atoms with Crippen LogP contribution in [0, 0.1) is 17.6 Å². The molecular weight excluding hydrogens is 454 g/mol. The number of nitrogens with zero attached hydrogens (tertiary/aromatic N) is 2. The first-order valence-corrected chi connectivity index (χ1v) is 11.3. The molecule has 1 amide bonds. The van der Waals surface area contributed by atoms with E-state index in [1.807, 2.05) is 13.0 Å². The Labute approximate surface area is 202 Å². The summed E-state index contributed by atoms with van der Waals surface area (Å²) < 4.78 is 27.5. The van der Waals surface area contributed by atoms with Gasteiger partial charge in [-0.3, -0.25) is 10.2 Å². The molecule has 1 fully saturated rings. The Hall–Kier alpha value is -3.65. The van der Waals surface area contributed by atoms with Gasteiger partial charge in [-0.1, -0.05) is 49.4 Å². The van der Waals surface area contributed by atoms with Crippen LogP contribution in [-0.4, -0.2) is 21.6 Å². The maximum Gasteiger partial charge on any atom is 0.254 e. The number of likely N-dealkylation sites (tertiary alicyclic amines) is 1. The average molecular weight is 479 g/mol. The Morgan fingerprint density at radius 3 is 2.09 bits per heavy atom. The lowest BCUT2D eigenvalue weighted by molar-refractivity contribution is 0.0481. The quantitative estimate of drug-likeness (QED) is 0.403. The van der Waals surface area contributed by atoms with Gasteiger partial charge in [0.2, 0.25) is 0 Å². The number of rotatable bonds is 4. The van der Waals surface area contributed by atoms with Crippen LogP contribution in [0.15, 0.2) is 84.0 Å². The van der Waals surface area contributed by atoms with Crippen molar-refractivity contribution in [1.29, 1.82) is 0 Å². The molecule has 3 aromatic carbocycles. The molecule has 0 aliphatic carbocycles. The van der Waals surface area contributed by atoms with Gasteiger partial charge in [-0.05, 0) is 59.7 Å². The summed E-state index contributed by atoms with van der Waals surface area (Å²) in [5.41, 5.74) is 11.0. The molecule has 3 N–H and O–H groups in total. The molecular formula is C26H24F2N4OS. The Morgan fingerprint density at radius 2 is 1.53 bits per heavy atom. The van der Waals surface area contributed by atoms with Gasteiger partial charge in [0.05, 0.1) is 12.1 Å². The fraction of sp³-hybridized carbons (Fsp3) is 0.192. The standard InChI is InChI=1S/C26H24F2N4OS/c1-16-22(30-31-26(29)34)15-23(17-7-11-20(27)12-8-17)32(25(33)19-5-3-2-4-6-19)24(16)18-9-13-21(28)14-10-18/h2-14,16,23-24H,15H2,1H3,(H3,29,31,34)/b30-22+. The first-order chi connectivity index (χ1) is 16.3. The largest absolute Gasteiger partial charge is 0.375 e. The number of benzene rings is 3. The van der Waals surface area contributed by atoms with Gasteiger partial charge in [0.15, 0.2) is 5.11 Å². The molecule has 4 rings (SSSR count). The van der Waals surface area contributed by atoms with Crippen LogP contribution in [0.1, 0.15) is 46.9 Å². The lowest BCUT2D eigenvalue weighted by atomic mass is 9.79. The number of nitrogens with two attached hydrogens (primary N) is 1. The minimum atomic E-state index is -0.469. The summed E-state index contributed by atoms with van der Waals surface area (Å²) in [5.74, 6) is -1.16. The van der Waals surface area contributed by atoms with E-state index in [0.29, 0.717) is 12.0 Å². The number of amides is 1. The second kappa shape index (κ2) is 10.1. The lowest BCUT2D eigenvalue weighted by Gasteiger charge is -2.46. The molecule has 3 atom stereocenters. The molecule has 3 unspecified atom stereocenters. The van der Waals surface area contributed by atoms with Crippen molar-refractivity contribution in [3.63, 3.8) is 0 Å². The maximum absolute atomic E-state index is 13.9. The van der Waals surface area contributed by atoms with Gasteiger partial charge in [0.25, 0.3) is 5.91 Å². The highest BCUT2D eigenvalue weighted by atomic mass is 32.1. The van der Waals surface area contributed by atoms with Gasteiger partial charge in [-0.15, -0.1) is 0 Å². The van der Waals surface area contributed by atoms with E-state index in [0.717, 1.165) is 16.8 Å². The van der Waals surface area contributed by atoms with Gasteiger partial charge in [-0.2, -0.15) is 5.10 Å². The summed E-state index contributed by atoms with van der Waals surface area (Å²) in [6.45, 7) is 1.96. The zero-order valence-electron chi connectivity index (χ0n) is 18.5. The van der Waals surface area contributed by atoms with Crippen molar-refractivity contribution in [3.8, 4) is 0 Å². The third-order valence-electron chi connectivity index (χ3n) is 6.07. The molecule has 0 spiro atoms. The summed E-state index contributed by atoms with van der Waals surface area (Å²) >= 11 is 4.92. The summed E-state index contributed by atoms with van der Waals surface area (Å²) in [7, 11) is 0. The van der Waals surface area contributed by atoms with Crippen LogP contribution >= 0.6 is 12.2 Å². The predicted octanol–water partition coefficient (Wildman–Crippen LogP) is 5.12. The van der Waals surface area contributed by atoms with Crippen molar-refractivity contribution in [2.24, 2.45) is 16.8 Å². The van der Waals surface area contributed by atoms with E-state index in [1.165, 1.54) is 24.3 Å². The molecule has 0 aromatic heterocycles. The topological polar surface area (TPSA) is 70.7 Å². The van der Waals surface area contributed by atoms with Crippen LogP contribution in [0.25, 0.3) is 0 Å². The first kappa shape index (κ1) is 23.5. The summed E-state index contributed by atoms with van der Waals surface area (Å²) in [5, 5.41) is 4.46. The molecule has 1 aliphatic rings. The van der Waals surface area contributed by atoms with Gasteiger partial charge in [0, 0.05) is 23.6 Å². The van der Waals surface area contributed by atoms with Crippen molar-refractivity contribution in [2.45, 2.75) is 25.4 Å². The highest BCUT2D eigenvalue weighted by Crippen LogP contribution is 2.44. The van der Waals surface area contributed by atoms with E-state index in [-0.39, 0.29) is 28.6 Å². The number of halogens is 2. The first-order valence-electron chi connectivity index (χ1n) is 10.9. The maximum atomic E-state index is 13.9. The molecule has 1 heterocycles. The van der Waals surface area contributed by atoms with Crippen LogP contribution < -0.4 is 11.2 Å². The number of nitrogens with one attached hydrogen (secondary N) is 1. The van der Waals surface area contributed by atoms with E-state index in [4.69, 9.17) is 18.0 Å². The van der Waals surface area contributed by atoms with Crippen molar-refractivity contribution in [3.05, 3.63) is 107 Å². The van der Waals surface area contributed by atoms with Crippen molar-refractivity contribution in [2.75, 3.05) is 0 Å². The van der Waals surface area contributed by atoms with Crippen LogP contribution in [0.5, 0.6) is 0 Å². The number of carbonyl (C=O) groups excluding carboxylic acids is 1. The van der Waals surface area contributed by atoms with E-state index < -0.39 is 12.1 Å². The lowest BCUT2D eigenvalue weighted by Crippen LogP contribution is -2.48. The fourth-order valence-corrected chi connectivity index (χ4v) is 4.49.